The zero-order valence-electron chi connectivity index (χ0n) is 10.5. The van der Waals surface area contributed by atoms with Gasteiger partial charge in [0.1, 0.15) is 5.82 Å². The lowest BCUT2D eigenvalue weighted by molar-refractivity contribution is 0.0158. The number of aromatic nitrogens is 2. The van der Waals surface area contributed by atoms with Gasteiger partial charge in [0.15, 0.2) is 0 Å². The minimum Gasteiger partial charge on any atom is -0.378 e. The van der Waals surface area contributed by atoms with Crippen molar-refractivity contribution in [3.05, 3.63) is 29.6 Å². The summed E-state index contributed by atoms with van der Waals surface area (Å²) < 4.78 is 5.75. The Bertz CT molecular complexity index is 529. The fourth-order valence-electron chi connectivity index (χ4n) is 2.59. The van der Waals surface area contributed by atoms with Crippen LogP contribution in [0.5, 0.6) is 0 Å². The molecular weight excluding hydrogens is 226 g/mol. The van der Waals surface area contributed by atoms with Gasteiger partial charge in [-0.15, -0.1) is 0 Å². The van der Waals surface area contributed by atoms with E-state index in [1.165, 1.54) is 12.8 Å². The van der Waals surface area contributed by atoms with Crippen LogP contribution in [0, 0.1) is 0 Å². The number of hydrogen-bond acceptors (Lipinski definition) is 3. The summed E-state index contributed by atoms with van der Waals surface area (Å²) >= 11 is 0. The molecule has 0 spiro atoms. The number of fused-ring (bicyclic) bond motifs is 1. The molecule has 0 aliphatic carbocycles. The molecule has 1 saturated heterocycles. The topological polar surface area (TPSA) is 63.9 Å². The number of ether oxygens (including phenoxy) is 1. The number of nitrogens with one attached hydrogen (secondary N) is 1. The summed E-state index contributed by atoms with van der Waals surface area (Å²) in [6.07, 6.45) is 4.78. The first-order valence-electron chi connectivity index (χ1n) is 6.65. The number of rotatable bonds is 3. The van der Waals surface area contributed by atoms with Gasteiger partial charge in [0.25, 0.3) is 0 Å². The van der Waals surface area contributed by atoms with Gasteiger partial charge in [-0.1, -0.05) is 12.1 Å². The molecule has 4 heteroatoms. The Morgan fingerprint density at radius 2 is 2.33 bits per heavy atom. The second-order valence-electron chi connectivity index (χ2n) is 4.89. The SMILES string of the molecule is NCc1cccc2[nH]c(CC3CCCCO3)nc12. The monoisotopic (exact) mass is 245 g/mol. The van der Waals surface area contributed by atoms with Crippen molar-refractivity contribution in [1.29, 1.82) is 0 Å². The average molecular weight is 245 g/mol. The first-order chi connectivity index (χ1) is 8.86. The number of para-hydroxylation sites is 1. The molecule has 0 radical (unpaired) electrons. The lowest BCUT2D eigenvalue weighted by Gasteiger charge is -2.21. The van der Waals surface area contributed by atoms with Gasteiger partial charge in [0, 0.05) is 19.6 Å². The molecule has 0 saturated carbocycles. The predicted molar refractivity (Wildman–Crippen MR) is 71.3 cm³/mol. The molecule has 0 amide bonds. The molecule has 0 bridgehead atoms. The van der Waals surface area contributed by atoms with Gasteiger partial charge < -0.3 is 15.5 Å². The van der Waals surface area contributed by atoms with Crippen LogP contribution in [-0.2, 0) is 17.7 Å². The summed E-state index contributed by atoms with van der Waals surface area (Å²) in [6.45, 7) is 1.42. The normalized spacial score (nSPS) is 20.4. The molecule has 1 aliphatic heterocycles. The van der Waals surface area contributed by atoms with E-state index >= 15 is 0 Å². The molecule has 1 aliphatic rings. The second kappa shape index (κ2) is 5.08. The molecule has 2 heterocycles. The lowest BCUT2D eigenvalue weighted by Crippen LogP contribution is -2.21. The zero-order valence-corrected chi connectivity index (χ0v) is 10.5. The van der Waals surface area contributed by atoms with E-state index in [-0.39, 0.29) is 0 Å². The Labute approximate surface area is 107 Å². The van der Waals surface area contributed by atoms with E-state index < -0.39 is 0 Å². The summed E-state index contributed by atoms with van der Waals surface area (Å²) in [4.78, 5) is 8.03. The molecule has 2 aromatic rings. The standard InChI is InChI=1S/C14H19N3O/c15-9-10-4-3-6-12-14(10)17-13(16-12)8-11-5-1-2-7-18-11/h3-4,6,11H,1-2,5,7-9,15H2,(H,16,17). The third kappa shape index (κ3) is 2.26. The Morgan fingerprint density at radius 3 is 3.11 bits per heavy atom. The minimum absolute atomic E-state index is 0.320. The number of benzene rings is 1. The van der Waals surface area contributed by atoms with Gasteiger partial charge in [-0.05, 0) is 30.9 Å². The Kier molecular flexibility index (Phi) is 3.30. The molecule has 4 nitrogen and oxygen atoms in total. The van der Waals surface area contributed by atoms with E-state index in [1.54, 1.807) is 0 Å². The molecule has 1 fully saturated rings. The van der Waals surface area contributed by atoms with Crippen LogP contribution in [0.3, 0.4) is 0 Å². The quantitative estimate of drug-likeness (QED) is 0.870. The van der Waals surface area contributed by atoms with Gasteiger partial charge in [-0.2, -0.15) is 0 Å². The Hall–Kier alpha value is -1.39. The van der Waals surface area contributed by atoms with Crippen LogP contribution in [0.1, 0.15) is 30.7 Å². The van der Waals surface area contributed by atoms with Gasteiger partial charge in [0.05, 0.1) is 17.1 Å². The third-order valence-electron chi connectivity index (χ3n) is 3.56. The minimum atomic E-state index is 0.320. The van der Waals surface area contributed by atoms with Crippen LogP contribution in [0.25, 0.3) is 11.0 Å². The number of hydrogen-bond donors (Lipinski definition) is 2. The molecule has 1 aromatic carbocycles. The van der Waals surface area contributed by atoms with Crippen LogP contribution < -0.4 is 5.73 Å². The summed E-state index contributed by atoms with van der Waals surface area (Å²) in [5, 5.41) is 0. The second-order valence-corrected chi connectivity index (χ2v) is 4.89. The number of nitrogens with two attached hydrogens (primary N) is 1. The number of H-pyrrole nitrogens is 1. The number of imidazole rings is 1. The van der Waals surface area contributed by atoms with Crippen molar-refractivity contribution >= 4 is 11.0 Å². The van der Waals surface area contributed by atoms with Crippen LogP contribution in [0.4, 0.5) is 0 Å². The maximum absolute atomic E-state index is 5.75. The summed E-state index contributed by atoms with van der Waals surface area (Å²) in [5.74, 6) is 1.01. The van der Waals surface area contributed by atoms with Crippen LogP contribution in [0.2, 0.25) is 0 Å². The van der Waals surface area contributed by atoms with Crippen molar-refractivity contribution in [1.82, 2.24) is 9.97 Å². The van der Waals surface area contributed by atoms with Gasteiger partial charge >= 0.3 is 0 Å². The molecule has 1 aromatic heterocycles. The first kappa shape index (κ1) is 11.7. The molecule has 3 rings (SSSR count). The van der Waals surface area contributed by atoms with Crippen molar-refractivity contribution < 1.29 is 4.74 Å². The predicted octanol–water partition coefficient (Wildman–Crippen LogP) is 2.13. The highest BCUT2D eigenvalue weighted by molar-refractivity contribution is 5.78. The van der Waals surface area contributed by atoms with Crippen molar-refractivity contribution in [2.24, 2.45) is 5.73 Å². The van der Waals surface area contributed by atoms with E-state index in [1.807, 2.05) is 18.2 Å². The van der Waals surface area contributed by atoms with Crippen LogP contribution >= 0.6 is 0 Å². The van der Waals surface area contributed by atoms with Crippen molar-refractivity contribution in [3.63, 3.8) is 0 Å². The van der Waals surface area contributed by atoms with E-state index in [0.717, 1.165) is 41.9 Å². The average Bonchev–Trinajstić information content (AvgIpc) is 2.82. The van der Waals surface area contributed by atoms with Crippen molar-refractivity contribution in [3.8, 4) is 0 Å². The highest BCUT2D eigenvalue weighted by Crippen LogP contribution is 2.20. The Morgan fingerprint density at radius 1 is 1.39 bits per heavy atom. The summed E-state index contributed by atoms with van der Waals surface area (Å²) in [5.41, 5.74) is 8.91. The van der Waals surface area contributed by atoms with Crippen LogP contribution in [-0.4, -0.2) is 22.7 Å². The molecule has 1 atom stereocenters. The largest absolute Gasteiger partial charge is 0.378 e. The van der Waals surface area contributed by atoms with Gasteiger partial charge in [0.2, 0.25) is 0 Å². The zero-order chi connectivity index (χ0) is 12.4. The van der Waals surface area contributed by atoms with E-state index in [0.29, 0.717) is 12.6 Å². The maximum atomic E-state index is 5.75. The van der Waals surface area contributed by atoms with E-state index in [4.69, 9.17) is 10.5 Å². The number of nitrogens with zero attached hydrogens (tertiary/aromatic N) is 1. The molecule has 96 valence electrons. The molecule has 3 N–H and O–H groups in total. The highest BCUT2D eigenvalue weighted by atomic mass is 16.5. The Balaban J connectivity index is 1.84. The highest BCUT2D eigenvalue weighted by Gasteiger charge is 2.16. The van der Waals surface area contributed by atoms with E-state index in [9.17, 15) is 0 Å². The number of aromatic amines is 1. The summed E-state index contributed by atoms with van der Waals surface area (Å²) in [6, 6.07) is 6.10. The molecular formula is C14H19N3O. The summed E-state index contributed by atoms with van der Waals surface area (Å²) in [7, 11) is 0. The smallest absolute Gasteiger partial charge is 0.109 e. The van der Waals surface area contributed by atoms with Crippen molar-refractivity contribution in [2.45, 2.75) is 38.3 Å². The van der Waals surface area contributed by atoms with Gasteiger partial charge in [-0.3, -0.25) is 0 Å². The maximum Gasteiger partial charge on any atom is 0.109 e. The van der Waals surface area contributed by atoms with E-state index in [2.05, 4.69) is 9.97 Å². The lowest BCUT2D eigenvalue weighted by atomic mass is 10.1. The van der Waals surface area contributed by atoms with Crippen LogP contribution in [0.15, 0.2) is 18.2 Å². The molecule has 18 heavy (non-hydrogen) atoms. The molecule has 1 unspecified atom stereocenters. The fourth-order valence-corrected chi connectivity index (χ4v) is 2.59. The van der Waals surface area contributed by atoms with Crippen molar-refractivity contribution in [2.75, 3.05) is 6.61 Å². The fraction of sp³-hybridized carbons (Fsp3) is 0.500. The first-order valence-corrected chi connectivity index (χ1v) is 6.65. The third-order valence-corrected chi connectivity index (χ3v) is 3.56. The van der Waals surface area contributed by atoms with Gasteiger partial charge in [-0.25, -0.2) is 4.98 Å².